The van der Waals surface area contributed by atoms with Crippen LogP contribution < -0.4 is 0 Å². The zero-order valence-electron chi connectivity index (χ0n) is 8.69. The van der Waals surface area contributed by atoms with Crippen LogP contribution in [0.5, 0.6) is 0 Å². The van der Waals surface area contributed by atoms with Crippen LogP contribution in [0, 0.1) is 17.2 Å². The van der Waals surface area contributed by atoms with Crippen LogP contribution in [-0.4, -0.2) is 23.1 Å². The average molecular weight is 211 g/mol. The van der Waals surface area contributed by atoms with Crippen LogP contribution in [0.15, 0.2) is 12.2 Å². The second-order valence-electron chi connectivity index (χ2n) is 3.05. The Morgan fingerprint density at radius 2 is 2.13 bits per heavy atom. The van der Waals surface area contributed by atoms with Crippen LogP contribution in [0.4, 0.5) is 0 Å². The molecule has 15 heavy (non-hydrogen) atoms. The molecule has 0 aromatic rings. The highest BCUT2D eigenvalue weighted by Gasteiger charge is 2.26. The standard InChI is InChI=1S/C10H13NO4/c1-4-8(9(12)13)7(3)15-10(14)6(2)5-11/h7-8H,2,4H2,1,3H3,(H,12,13). The number of ether oxygens (including phenoxy) is 1. The van der Waals surface area contributed by atoms with Gasteiger partial charge in [0.2, 0.25) is 0 Å². The molecule has 0 aliphatic rings. The third-order valence-electron chi connectivity index (χ3n) is 2.00. The van der Waals surface area contributed by atoms with Crippen molar-refractivity contribution in [3.05, 3.63) is 12.2 Å². The van der Waals surface area contributed by atoms with Crippen molar-refractivity contribution in [2.75, 3.05) is 0 Å². The largest absolute Gasteiger partial charge is 0.481 e. The lowest BCUT2D eigenvalue weighted by molar-refractivity contribution is -0.154. The lowest BCUT2D eigenvalue weighted by atomic mass is 10.0. The van der Waals surface area contributed by atoms with E-state index in [9.17, 15) is 9.59 Å². The van der Waals surface area contributed by atoms with Crippen LogP contribution in [0.25, 0.3) is 0 Å². The Morgan fingerprint density at radius 1 is 1.60 bits per heavy atom. The molecule has 0 aliphatic heterocycles. The van der Waals surface area contributed by atoms with Crippen molar-refractivity contribution in [3.8, 4) is 6.07 Å². The molecule has 0 amide bonds. The molecule has 0 radical (unpaired) electrons. The summed E-state index contributed by atoms with van der Waals surface area (Å²) in [5, 5.41) is 17.1. The molecule has 0 heterocycles. The number of carboxylic acid groups (broad SMARTS) is 1. The molecule has 0 bridgehead atoms. The van der Waals surface area contributed by atoms with Gasteiger partial charge in [0.15, 0.2) is 0 Å². The van der Waals surface area contributed by atoms with E-state index in [0.717, 1.165) is 0 Å². The fourth-order valence-corrected chi connectivity index (χ4v) is 1.08. The third-order valence-corrected chi connectivity index (χ3v) is 2.00. The Balaban J connectivity index is 4.42. The number of rotatable bonds is 5. The minimum Gasteiger partial charge on any atom is -0.481 e. The van der Waals surface area contributed by atoms with E-state index in [-0.39, 0.29) is 5.57 Å². The highest BCUT2D eigenvalue weighted by molar-refractivity contribution is 5.92. The van der Waals surface area contributed by atoms with Crippen LogP contribution >= 0.6 is 0 Å². The van der Waals surface area contributed by atoms with E-state index in [1.54, 1.807) is 6.92 Å². The van der Waals surface area contributed by atoms with Crippen LogP contribution in [0.1, 0.15) is 20.3 Å². The van der Waals surface area contributed by atoms with Crippen molar-refractivity contribution >= 4 is 11.9 Å². The van der Waals surface area contributed by atoms with E-state index in [1.807, 2.05) is 0 Å². The molecule has 0 aromatic heterocycles. The number of carbonyl (C=O) groups excluding carboxylic acids is 1. The lowest BCUT2D eigenvalue weighted by Gasteiger charge is -2.18. The molecule has 0 saturated carbocycles. The van der Waals surface area contributed by atoms with E-state index in [2.05, 4.69) is 6.58 Å². The average Bonchev–Trinajstić information content (AvgIpc) is 2.16. The smallest absolute Gasteiger partial charge is 0.348 e. The van der Waals surface area contributed by atoms with E-state index in [0.29, 0.717) is 6.42 Å². The Kier molecular flexibility index (Phi) is 5.10. The number of nitrogens with zero attached hydrogens (tertiary/aromatic N) is 1. The molecule has 0 aromatic carbocycles. The first-order valence-corrected chi connectivity index (χ1v) is 4.46. The van der Waals surface area contributed by atoms with Crippen molar-refractivity contribution in [2.24, 2.45) is 5.92 Å². The summed E-state index contributed by atoms with van der Waals surface area (Å²) in [7, 11) is 0. The summed E-state index contributed by atoms with van der Waals surface area (Å²) in [4.78, 5) is 21.8. The normalized spacial score (nSPS) is 13.4. The summed E-state index contributed by atoms with van der Waals surface area (Å²) >= 11 is 0. The number of hydrogen-bond acceptors (Lipinski definition) is 4. The third kappa shape index (κ3) is 3.81. The Bertz CT molecular complexity index is 316. The number of esters is 1. The second kappa shape index (κ2) is 5.81. The first kappa shape index (κ1) is 13.2. The summed E-state index contributed by atoms with van der Waals surface area (Å²) in [5.41, 5.74) is -0.331. The summed E-state index contributed by atoms with van der Waals surface area (Å²) in [6.45, 7) is 6.33. The molecule has 2 unspecified atom stereocenters. The molecular weight excluding hydrogens is 198 g/mol. The summed E-state index contributed by atoms with van der Waals surface area (Å²) in [6.07, 6.45) is -0.423. The van der Waals surface area contributed by atoms with Crippen LogP contribution in [-0.2, 0) is 14.3 Å². The number of aliphatic carboxylic acids is 1. The molecule has 0 rings (SSSR count). The SMILES string of the molecule is C=C(C#N)C(=O)OC(C)C(CC)C(=O)O. The van der Waals surface area contributed by atoms with Gasteiger partial charge in [0.25, 0.3) is 0 Å². The number of nitriles is 1. The van der Waals surface area contributed by atoms with Gasteiger partial charge in [-0.1, -0.05) is 13.5 Å². The summed E-state index contributed by atoms with van der Waals surface area (Å²) < 4.78 is 4.78. The van der Waals surface area contributed by atoms with Gasteiger partial charge in [0, 0.05) is 0 Å². The predicted octanol–water partition coefficient (Wildman–Crippen LogP) is 1.11. The zero-order chi connectivity index (χ0) is 12.0. The molecule has 5 heteroatoms. The number of carbonyl (C=O) groups is 2. The quantitative estimate of drug-likeness (QED) is 0.418. The van der Waals surface area contributed by atoms with Crippen LogP contribution in [0.2, 0.25) is 0 Å². The van der Waals surface area contributed by atoms with E-state index >= 15 is 0 Å². The van der Waals surface area contributed by atoms with Crippen molar-refractivity contribution in [1.82, 2.24) is 0 Å². The molecule has 82 valence electrons. The van der Waals surface area contributed by atoms with Gasteiger partial charge in [0.1, 0.15) is 17.7 Å². The maximum absolute atomic E-state index is 11.1. The van der Waals surface area contributed by atoms with Crippen molar-refractivity contribution in [1.29, 1.82) is 5.26 Å². The minimum atomic E-state index is -1.03. The monoisotopic (exact) mass is 211 g/mol. The Hall–Kier alpha value is -1.83. The molecular formula is C10H13NO4. The van der Waals surface area contributed by atoms with Crippen LogP contribution in [0.3, 0.4) is 0 Å². The molecule has 0 aliphatic carbocycles. The van der Waals surface area contributed by atoms with Gasteiger partial charge in [-0.25, -0.2) is 4.79 Å². The highest BCUT2D eigenvalue weighted by atomic mass is 16.5. The first-order chi connectivity index (χ1) is 6.93. The van der Waals surface area contributed by atoms with Gasteiger partial charge in [-0.15, -0.1) is 0 Å². The molecule has 2 atom stereocenters. The summed E-state index contributed by atoms with van der Waals surface area (Å²) in [5.74, 6) is -2.66. The van der Waals surface area contributed by atoms with Gasteiger partial charge >= 0.3 is 11.9 Å². The Morgan fingerprint density at radius 3 is 2.47 bits per heavy atom. The van der Waals surface area contributed by atoms with E-state index < -0.39 is 24.0 Å². The predicted molar refractivity (Wildman–Crippen MR) is 51.7 cm³/mol. The van der Waals surface area contributed by atoms with Gasteiger partial charge in [-0.2, -0.15) is 5.26 Å². The zero-order valence-corrected chi connectivity index (χ0v) is 8.69. The highest BCUT2D eigenvalue weighted by Crippen LogP contribution is 2.13. The first-order valence-electron chi connectivity index (χ1n) is 4.46. The second-order valence-corrected chi connectivity index (χ2v) is 3.05. The maximum atomic E-state index is 11.1. The minimum absolute atomic E-state index is 0.331. The fourth-order valence-electron chi connectivity index (χ4n) is 1.08. The molecule has 0 fully saturated rings. The van der Waals surface area contributed by atoms with Crippen molar-refractivity contribution in [2.45, 2.75) is 26.4 Å². The van der Waals surface area contributed by atoms with E-state index in [1.165, 1.54) is 13.0 Å². The van der Waals surface area contributed by atoms with E-state index in [4.69, 9.17) is 15.1 Å². The Labute approximate surface area is 88.0 Å². The molecule has 1 N–H and O–H groups in total. The van der Waals surface area contributed by atoms with Gasteiger partial charge in [-0.3, -0.25) is 4.79 Å². The topological polar surface area (TPSA) is 87.4 Å². The molecule has 0 spiro atoms. The molecule has 5 nitrogen and oxygen atoms in total. The van der Waals surface area contributed by atoms with Gasteiger partial charge in [-0.05, 0) is 13.3 Å². The van der Waals surface area contributed by atoms with Gasteiger partial charge in [0.05, 0.1) is 5.92 Å². The number of hydrogen-bond donors (Lipinski definition) is 1. The van der Waals surface area contributed by atoms with Crippen molar-refractivity contribution in [3.63, 3.8) is 0 Å². The summed E-state index contributed by atoms with van der Waals surface area (Å²) in [6, 6.07) is 1.54. The fraction of sp³-hybridized carbons (Fsp3) is 0.500. The maximum Gasteiger partial charge on any atom is 0.348 e. The lowest BCUT2D eigenvalue weighted by Crippen LogP contribution is -2.30. The van der Waals surface area contributed by atoms with Gasteiger partial charge < -0.3 is 9.84 Å². The number of carboxylic acids is 1. The molecule has 0 saturated heterocycles. The van der Waals surface area contributed by atoms with Crippen molar-refractivity contribution < 1.29 is 19.4 Å².